The molecule has 2 rings (SSSR count). The Balaban J connectivity index is 2.40. The van der Waals surface area contributed by atoms with Gasteiger partial charge in [0.05, 0.1) is 0 Å². The van der Waals surface area contributed by atoms with Crippen molar-refractivity contribution in [2.24, 2.45) is 5.73 Å². The molecule has 5 heteroatoms. The third kappa shape index (κ3) is 3.54. The number of amides is 1. The molecule has 0 saturated heterocycles. The predicted molar refractivity (Wildman–Crippen MR) is 84.6 cm³/mol. The zero-order chi connectivity index (χ0) is 14.0. The molecule has 1 amide bonds. The minimum absolute atomic E-state index is 0.273. The van der Waals surface area contributed by atoms with Gasteiger partial charge < -0.3 is 5.73 Å². The summed E-state index contributed by atoms with van der Waals surface area (Å²) in [6.45, 7) is 0. The minimum Gasteiger partial charge on any atom is -0.366 e. The number of hydrogen-bond donors (Lipinski definition) is 1. The second kappa shape index (κ2) is 6.00. The molecule has 2 aromatic rings. The molecule has 0 aliphatic heterocycles. The van der Waals surface area contributed by atoms with Crippen molar-refractivity contribution >= 4 is 44.4 Å². The number of primary amides is 1. The molecular weight excluding hydrogens is 424 g/mol. The summed E-state index contributed by atoms with van der Waals surface area (Å²) >= 11 is 5.35. The smallest absolute Gasteiger partial charge is 0.249 e. The summed E-state index contributed by atoms with van der Waals surface area (Å²) in [5, 5.41) is 0. The minimum atomic E-state index is -0.512. The van der Waals surface area contributed by atoms with Crippen LogP contribution in [0.4, 0.5) is 4.39 Å². The zero-order valence-corrected chi connectivity index (χ0v) is 13.5. The van der Waals surface area contributed by atoms with Crippen LogP contribution in [0.25, 0.3) is 0 Å². The van der Waals surface area contributed by atoms with Gasteiger partial charge in [-0.1, -0.05) is 28.1 Å². The normalized spacial score (nSPS) is 10.5. The van der Waals surface area contributed by atoms with E-state index in [1.54, 1.807) is 18.2 Å². The molecule has 0 aliphatic rings. The molecule has 0 fully saturated rings. The van der Waals surface area contributed by atoms with Gasteiger partial charge in [-0.25, -0.2) is 4.39 Å². The second-order valence-electron chi connectivity index (χ2n) is 4.08. The lowest BCUT2D eigenvalue weighted by Crippen LogP contribution is -2.14. The van der Waals surface area contributed by atoms with Crippen LogP contribution in [-0.4, -0.2) is 5.91 Å². The first-order valence-corrected chi connectivity index (χ1v) is 7.36. The summed E-state index contributed by atoms with van der Waals surface area (Å²) in [7, 11) is 0. The average molecular weight is 434 g/mol. The maximum Gasteiger partial charge on any atom is 0.249 e. The molecule has 2 N–H and O–H groups in total. The lowest BCUT2D eigenvalue weighted by atomic mass is 9.99. The van der Waals surface area contributed by atoms with Gasteiger partial charge in [-0.15, -0.1) is 0 Å². The monoisotopic (exact) mass is 433 g/mol. The third-order valence-corrected chi connectivity index (χ3v) is 3.90. The molecule has 19 heavy (non-hydrogen) atoms. The topological polar surface area (TPSA) is 43.1 Å². The summed E-state index contributed by atoms with van der Waals surface area (Å²) in [5.74, 6) is -0.785. The fourth-order valence-electron chi connectivity index (χ4n) is 1.80. The van der Waals surface area contributed by atoms with Crippen molar-refractivity contribution in [2.75, 3.05) is 0 Å². The average Bonchev–Trinajstić information content (AvgIpc) is 2.34. The summed E-state index contributed by atoms with van der Waals surface area (Å²) in [6, 6.07) is 10.3. The van der Waals surface area contributed by atoms with Crippen LogP contribution in [0, 0.1) is 9.39 Å². The van der Waals surface area contributed by atoms with Gasteiger partial charge in [0.25, 0.3) is 0 Å². The van der Waals surface area contributed by atoms with E-state index in [-0.39, 0.29) is 5.82 Å². The van der Waals surface area contributed by atoms with Crippen molar-refractivity contribution in [3.05, 3.63) is 66.9 Å². The molecule has 0 spiro atoms. The summed E-state index contributed by atoms with van der Waals surface area (Å²) in [6.07, 6.45) is 0.342. The van der Waals surface area contributed by atoms with Crippen LogP contribution in [0.3, 0.4) is 0 Å². The molecule has 2 aromatic carbocycles. The summed E-state index contributed by atoms with van der Waals surface area (Å²) < 4.78 is 15.4. The Morgan fingerprint density at radius 1 is 1.21 bits per heavy atom. The highest BCUT2D eigenvalue weighted by atomic mass is 127. The van der Waals surface area contributed by atoms with Gasteiger partial charge in [0.1, 0.15) is 5.82 Å². The number of nitrogens with two attached hydrogens (primary N) is 1. The van der Waals surface area contributed by atoms with Gasteiger partial charge in [-0.3, -0.25) is 4.79 Å². The Hall–Kier alpha value is -0.950. The van der Waals surface area contributed by atoms with Gasteiger partial charge in [0.15, 0.2) is 0 Å². The molecule has 0 radical (unpaired) electrons. The number of carbonyl (C=O) groups excluding carboxylic acids is 1. The first kappa shape index (κ1) is 14.5. The van der Waals surface area contributed by atoms with Crippen LogP contribution in [0.2, 0.25) is 0 Å². The third-order valence-electron chi connectivity index (χ3n) is 2.73. The van der Waals surface area contributed by atoms with Gasteiger partial charge >= 0.3 is 0 Å². The SMILES string of the molecule is NC(=O)c1cc(Br)ccc1Cc1ccc(I)cc1F. The summed E-state index contributed by atoms with van der Waals surface area (Å²) in [5.41, 5.74) is 7.02. The van der Waals surface area contributed by atoms with Crippen molar-refractivity contribution < 1.29 is 9.18 Å². The molecule has 98 valence electrons. The van der Waals surface area contributed by atoms with Crippen molar-refractivity contribution in [2.45, 2.75) is 6.42 Å². The number of hydrogen-bond acceptors (Lipinski definition) is 1. The van der Waals surface area contributed by atoms with E-state index in [0.717, 1.165) is 13.6 Å². The lowest BCUT2D eigenvalue weighted by molar-refractivity contribution is 0.0999. The molecule has 0 heterocycles. The molecule has 0 aromatic heterocycles. The van der Waals surface area contributed by atoms with E-state index in [1.165, 1.54) is 6.07 Å². The highest BCUT2D eigenvalue weighted by Crippen LogP contribution is 2.21. The highest BCUT2D eigenvalue weighted by molar-refractivity contribution is 14.1. The number of carbonyl (C=O) groups is 1. The maximum absolute atomic E-state index is 13.8. The Labute approximate surface area is 132 Å². The number of benzene rings is 2. The van der Waals surface area contributed by atoms with Gasteiger partial charge in [0, 0.05) is 20.0 Å². The zero-order valence-electron chi connectivity index (χ0n) is 9.79. The van der Waals surface area contributed by atoms with Gasteiger partial charge in [-0.2, -0.15) is 0 Å². The van der Waals surface area contributed by atoms with E-state index in [9.17, 15) is 9.18 Å². The first-order valence-electron chi connectivity index (χ1n) is 5.49. The Bertz CT molecular complexity index is 645. The second-order valence-corrected chi connectivity index (χ2v) is 6.24. The predicted octanol–water partition coefficient (Wildman–Crippen LogP) is 3.88. The molecule has 2 nitrogen and oxygen atoms in total. The fourth-order valence-corrected chi connectivity index (χ4v) is 2.62. The Kier molecular flexibility index (Phi) is 4.57. The largest absolute Gasteiger partial charge is 0.366 e. The van der Waals surface area contributed by atoms with Crippen molar-refractivity contribution in [1.29, 1.82) is 0 Å². The Morgan fingerprint density at radius 2 is 1.89 bits per heavy atom. The number of rotatable bonds is 3. The van der Waals surface area contributed by atoms with Crippen LogP contribution < -0.4 is 5.73 Å². The van der Waals surface area contributed by atoms with E-state index < -0.39 is 5.91 Å². The first-order chi connectivity index (χ1) is 8.97. The van der Waals surface area contributed by atoms with Crippen molar-refractivity contribution in [1.82, 2.24) is 0 Å². The van der Waals surface area contributed by atoms with Gasteiger partial charge in [-0.05, 0) is 58.0 Å². The lowest BCUT2D eigenvalue weighted by Gasteiger charge is -2.08. The van der Waals surface area contributed by atoms with Crippen LogP contribution in [0.15, 0.2) is 40.9 Å². The number of halogens is 3. The standard InChI is InChI=1S/C14H10BrFINO/c15-10-3-1-8(12(6-10)14(18)19)5-9-2-4-11(17)7-13(9)16/h1-4,6-7H,5H2,(H2,18,19). The molecule has 0 atom stereocenters. The van der Waals surface area contributed by atoms with Gasteiger partial charge in [0.2, 0.25) is 5.91 Å². The van der Waals surface area contributed by atoms with Crippen molar-refractivity contribution in [3.8, 4) is 0 Å². The molecular formula is C14H10BrFINO. The van der Waals surface area contributed by atoms with Crippen LogP contribution in [-0.2, 0) is 6.42 Å². The van der Waals surface area contributed by atoms with Crippen LogP contribution >= 0.6 is 38.5 Å². The quantitative estimate of drug-likeness (QED) is 0.733. The maximum atomic E-state index is 13.8. The van der Waals surface area contributed by atoms with Crippen molar-refractivity contribution in [3.63, 3.8) is 0 Å². The van der Waals surface area contributed by atoms with Crippen LogP contribution in [0.5, 0.6) is 0 Å². The van der Waals surface area contributed by atoms with Crippen LogP contribution in [0.1, 0.15) is 21.5 Å². The summed E-state index contributed by atoms with van der Waals surface area (Å²) in [4.78, 5) is 11.4. The highest BCUT2D eigenvalue weighted by Gasteiger charge is 2.11. The van der Waals surface area contributed by atoms with E-state index in [1.807, 2.05) is 12.1 Å². The van der Waals surface area contributed by atoms with E-state index >= 15 is 0 Å². The van der Waals surface area contributed by atoms with E-state index in [2.05, 4.69) is 38.5 Å². The van der Waals surface area contributed by atoms with E-state index in [0.29, 0.717) is 17.5 Å². The molecule has 0 bridgehead atoms. The molecule has 0 saturated carbocycles. The van der Waals surface area contributed by atoms with E-state index in [4.69, 9.17) is 5.73 Å². The fraction of sp³-hybridized carbons (Fsp3) is 0.0714. The molecule has 0 aliphatic carbocycles. The Morgan fingerprint density at radius 3 is 2.53 bits per heavy atom. The molecule has 0 unspecified atom stereocenters.